The highest BCUT2D eigenvalue weighted by atomic mass is 15.2. The van der Waals surface area contributed by atoms with Crippen LogP contribution in [0.5, 0.6) is 0 Å². The number of nitrogens with zero attached hydrogens (tertiary/aromatic N) is 2. The summed E-state index contributed by atoms with van der Waals surface area (Å²) >= 11 is 0. The van der Waals surface area contributed by atoms with Crippen molar-refractivity contribution >= 4 is 44.9 Å². The molecule has 0 aliphatic heterocycles. The summed E-state index contributed by atoms with van der Waals surface area (Å²) in [6.07, 6.45) is 5.68. The Morgan fingerprint density at radius 1 is 0.537 bits per heavy atom. The number of anilines is 6. The summed E-state index contributed by atoms with van der Waals surface area (Å²) in [5.41, 5.74) is 15.7. The number of para-hydroxylation sites is 3. The molecule has 0 spiro atoms. The van der Waals surface area contributed by atoms with Crippen LogP contribution in [0.2, 0.25) is 0 Å². The van der Waals surface area contributed by atoms with Gasteiger partial charge in [-0.3, -0.25) is 0 Å². The quantitative estimate of drug-likeness (QED) is 0.163. The van der Waals surface area contributed by atoms with E-state index in [4.69, 9.17) is 0 Å². The lowest BCUT2D eigenvalue weighted by atomic mass is 9.75. The molecular weight excluding hydrogens is 653 g/mol. The molecule has 0 N–H and O–H groups in total. The average Bonchev–Trinajstić information content (AvgIpc) is 4.00. The maximum absolute atomic E-state index is 2.52. The van der Waals surface area contributed by atoms with Gasteiger partial charge in [0.2, 0.25) is 0 Å². The maximum Gasteiger partial charge on any atom is 0.0781 e. The summed E-state index contributed by atoms with van der Waals surface area (Å²) in [6, 6.07) is 59.1. The van der Waals surface area contributed by atoms with Crippen molar-refractivity contribution in [3.8, 4) is 11.1 Å². The normalized spacial score (nSPS) is 22.5. The van der Waals surface area contributed by atoms with E-state index in [1.54, 1.807) is 5.56 Å². The fourth-order valence-electron chi connectivity index (χ4n) is 11.7. The molecule has 7 aromatic carbocycles. The van der Waals surface area contributed by atoms with E-state index in [2.05, 4.69) is 188 Å². The fourth-order valence-corrected chi connectivity index (χ4v) is 11.7. The molecule has 0 amide bonds. The van der Waals surface area contributed by atoms with E-state index in [1.165, 1.54) is 75.6 Å². The molecule has 0 radical (unpaired) electrons. The smallest absolute Gasteiger partial charge is 0.0781 e. The lowest BCUT2D eigenvalue weighted by molar-refractivity contribution is 0.371. The first-order valence-electron chi connectivity index (χ1n) is 20.0. The summed E-state index contributed by atoms with van der Waals surface area (Å²) in [7, 11) is 0. The lowest BCUT2D eigenvalue weighted by Crippen LogP contribution is -2.25. The number of fused-ring (bicyclic) bond motifs is 4. The van der Waals surface area contributed by atoms with Crippen LogP contribution < -0.4 is 9.80 Å². The zero-order chi connectivity index (χ0) is 36.2. The van der Waals surface area contributed by atoms with Gasteiger partial charge < -0.3 is 9.80 Å². The second kappa shape index (κ2) is 11.7. The van der Waals surface area contributed by atoms with Gasteiger partial charge in [-0.2, -0.15) is 0 Å². The minimum absolute atomic E-state index is 0.128. The third-order valence-corrected chi connectivity index (χ3v) is 14.1. The van der Waals surface area contributed by atoms with Gasteiger partial charge in [-0.1, -0.05) is 105 Å². The Kier molecular flexibility index (Phi) is 6.91. The second-order valence-electron chi connectivity index (χ2n) is 17.2. The molecule has 2 atom stereocenters. The summed E-state index contributed by atoms with van der Waals surface area (Å²) in [5, 5.41) is 2.49. The van der Waals surface area contributed by atoms with Crippen LogP contribution in [0.15, 0.2) is 158 Å². The molecule has 2 heteroatoms. The molecule has 12 rings (SSSR count). The molecule has 54 heavy (non-hydrogen) atoms. The van der Waals surface area contributed by atoms with Crippen molar-refractivity contribution in [2.75, 3.05) is 9.80 Å². The van der Waals surface area contributed by atoms with Crippen molar-refractivity contribution in [3.63, 3.8) is 0 Å². The first-order valence-corrected chi connectivity index (χ1v) is 20.0. The van der Waals surface area contributed by atoms with Crippen molar-refractivity contribution in [3.05, 3.63) is 180 Å². The number of rotatable bonds is 7. The molecule has 0 saturated heterocycles. The predicted octanol–water partition coefficient (Wildman–Crippen LogP) is 14.1. The second-order valence-corrected chi connectivity index (χ2v) is 17.2. The molecule has 0 heterocycles. The molecule has 5 aliphatic carbocycles. The van der Waals surface area contributed by atoms with Crippen molar-refractivity contribution in [1.29, 1.82) is 0 Å². The topological polar surface area (TPSA) is 6.48 Å². The van der Waals surface area contributed by atoms with E-state index >= 15 is 0 Å². The Labute approximate surface area is 319 Å². The highest BCUT2D eigenvalue weighted by molar-refractivity contribution is 6.09. The Balaban J connectivity index is 1.18. The van der Waals surface area contributed by atoms with Crippen LogP contribution in [0.3, 0.4) is 0 Å². The molecule has 264 valence electrons. The fraction of sp³-hybridized carbons (Fsp3) is 0.231. The zero-order valence-electron chi connectivity index (χ0n) is 31.5. The zero-order valence-corrected chi connectivity index (χ0v) is 31.5. The minimum Gasteiger partial charge on any atom is -0.308 e. The molecule has 2 nitrogen and oxygen atoms in total. The predicted molar refractivity (Wildman–Crippen MR) is 226 cm³/mol. The van der Waals surface area contributed by atoms with Crippen LogP contribution in [0.25, 0.3) is 21.9 Å². The Morgan fingerprint density at radius 2 is 1.11 bits per heavy atom. The number of aryl methyl sites for hydroxylation is 1. The molecular formula is C52H46N2. The first-order chi connectivity index (χ1) is 26.4. The highest BCUT2D eigenvalue weighted by Crippen LogP contribution is 2.70. The van der Waals surface area contributed by atoms with Gasteiger partial charge in [0.25, 0.3) is 0 Å². The van der Waals surface area contributed by atoms with Crippen molar-refractivity contribution in [2.45, 2.75) is 57.3 Å². The Bertz CT molecular complexity index is 2500. The van der Waals surface area contributed by atoms with Gasteiger partial charge in [0.15, 0.2) is 0 Å². The molecule has 4 saturated carbocycles. The molecule has 4 fully saturated rings. The molecule has 2 unspecified atom stereocenters. The minimum atomic E-state index is -0.128. The van der Waals surface area contributed by atoms with Gasteiger partial charge >= 0.3 is 0 Å². The van der Waals surface area contributed by atoms with Crippen LogP contribution in [0.1, 0.15) is 61.8 Å². The van der Waals surface area contributed by atoms with E-state index in [0.29, 0.717) is 5.41 Å². The van der Waals surface area contributed by atoms with Crippen LogP contribution >= 0.6 is 0 Å². The monoisotopic (exact) mass is 698 g/mol. The summed E-state index contributed by atoms with van der Waals surface area (Å²) in [5.74, 6) is 2.79. The van der Waals surface area contributed by atoms with Crippen LogP contribution in [0, 0.1) is 24.7 Å². The number of benzene rings is 7. The van der Waals surface area contributed by atoms with E-state index < -0.39 is 0 Å². The molecule has 7 aromatic rings. The maximum atomic E-state index is 2.52. The average molecular weight is 699 g/mol. The van der Waals surface area contributed by atoms with E-state index in [9.17, 15) is 0 Å². The van der Waals surface area contributed by atoms with Gasteiger partial charge in [0.05, 0.1) is 11.4 Å². The van der Waals surface area contributed by atoms with E-state index in [1.807, 2.05) is 0 Å². The van der Waals surface area contributed by atoms with Crippen LogP contribution in [-0.4, -0.2) is 0 Å². The van der Waals surface area contributed by atoms with Gasteiger partial charge in [0, 0.05) is 33.6 Å². The van der Waals surface area contributed by atoms with Crippen LogP contribution in [0.4, 0.5) is 34.1 Å². The summed E-state index contributed by atoms with van der Waals surface area (Å²) in [4.78, 5) is 4.98. The standard InChI is InChI=1S/C52H46N2/c1-34-14-13-21-46-49(34)45-30-35-22-27-48(50(44(35)31-47(45)51(46,2)3)54(41-17-9-5-10-18-41)42-19-11-6-12-20-42)53(40-15-7-4-8-16-40)43-25-23-38(24-26-43)52-32-36-28-39(52)29-37(36)33-52/h4-27,30-31,36-37,39H,28-29,32-33H2,1-3H3. The largest absolute Gasteiger partial charge is 0.308 e. The van der Waals surface area contributed by atoms with Gasteiger partial charge in [-0.15, -0.1) is 0 Å². The number of hydrogen-bond donors (Lipinski definition) is 0. The molecule has 0 aromatic heterocycles. The van der Waals surface area contributed by atoms with Crippen molar-refractivity contribution in [1.82, 2.24) is 0 Å². The Hall–Kier alpha value is -5.60. The van der Waals surface area contributed by atoms with Gasteiger partial charge in [-0.25, -0.2) is 0 Å². The molecule has 4 bridgehead atoms. The highest BCUT2D eigenvalue weighted by Gasteiger charge is 2.63. The lowest BCUT2D eigenvalue weighted by Gasteiger charge is -2.35. The van der Waals surface area contributed by atoms with Crippen LogP contribution in [-0.2, 0) is 10.8 Å². The molecule has 5 aliphatic rings. The third-order valence-electron chi connectivity index (χ3n) is 14.1. The van der Waals surface area contributed by atoms with Gasteiger partial charge in [0.1, 0.15) is 0 Å². The van der Waals surface area contributed by atoms with E-state index in [0.717, 1.165) is 40.5 Å². The van der Waals surface area contributed by atoms with Crippen molar-refractivity contribution in [2.24, 2.45) is 17.8 Å². The summed E-state index contributed by atoms with van der Waals surface area (Å²) < 4.78 is 0. The number of hydrogen-bond acceptors (Lipinski definition) is 2. The third kappa shape index (κ3) is 4.52. The first kappa shape index (κ1) is 31.9. The SMILES string of the molecule is Cc1cccc2c1-c1cc3ccc(N(c4ccccc4)c4ccc(C56CC7CC5CC7C6)cc4)c(N(c4ccccc4)c4ccccc4)c3cc1C2(C)C. The van der Waals surface area contributed by atoms with Crippen molar-refractivity contribution < 1.29 is 0 Å². The Morgan fingerprint density at radius 3 is 1.69 bits per heavy atom. The van der Waals surface area contributed by atoms with E-state index in [-0.39, 0.29) is 5.41 Å². The van der Waals surface area contributed by atoms with Gasteiger partial charge in [-0.05, 0) is 161 Å². The summed E-state index contributed by atoms with van der Waals surface area (Å²) in [6.45, 7) is 7.06.